The zero-order valence-electron chi connectivity index (χ0n) is 15.3. The number of nitro groups is 1. The summed E-state index contributed by atoms with van der Waals surface area (Å²) in [6.07, 6.45) is 1.43. The largest absolute Gasteiger partial charge is 0.493 e. The fraction of sp³-hybridized carbons (Fsp3) is 0.158. The first-order valence-electron chi connectivity index (χ1n) is 7.96. The van der Waals surface area contributed by atoms with E-state index in [-0.39, 0.29) is 11.3 Å². The lowest BCUT2D eigenvalue weighted by molar-refractivity contribution is -0.384. The summed E-state index contributed by atoms with van der Waals surface area (Å²) in [4.78, 5) is 34.7. The number of rotatable bonds is 7. The number of anilines is 1. The van der Waals surface area contributed by atoms with Gasteiger partial charge in [0.25, 0.3) is 11.6 Å². The summed E-state index contributed by atoms with van der Waals surface area (Å²) in [5, 5.41) is 13.3. The second-order valence-corrected chi connectivity index (χ2v) is 6.46. The molecule has 0 heterocycles. The minimum atomic E-state index is -0.636. The zero-order chi connectivity index (χ0) is 20.8. The van der Waals surface area contributed by atoms with Gasteiger partial charge in [0, 0.05) is 22.3 Å². The molecule has 0 spiro atoms. The highest BCUT2D eigenvalue weighted by atomic mass is 79.9. The lowest BCUT2D eigenvalue weighted by Gasteiger charge is -2.11. The van der Waals surface area contributed by atoms with E-state index in [0.29, 0.717) is 27.2 Å². The van der Waals surface area contributed by atoms with Crippen LogP contribution in [0.4, 0.5) is 11.4 Å². The van der Waals surface area contributed by atoms with Crippen LogP contribution < -0.4 is 14.8 Å². The number of nitro benzene ring substituents is 1. The molecule has 0 aliphatic heterocycles. The first kappa shape index (κ1) is 21.1. The standard InChI is InChI=1S/C19H17BrN2O6/c1-11(23)15(8-12-9-17(27-2)18(28-3)10-16(12)20)19(24)21-13-4-6-14(7-5-13)22(25)26/h4-10H,1-3H3,(H,21,24)/b15-8+. The summed E-state index contributed by atoms with van der Waals surface area (Å²) in [7, 11) is 2.98. The molecule has 9 heteroatoms. The number of non-ortho nitro benzene ring substituents is 1. The maximum Gasteiger partial charge on any atom is 0.269 e. The van der Waals surface area contributed by atoms with Gasteiger partial charge in [-0.1, -0.05) is 15.9 Å². The minimum absolute atomic E-state index is 0.0914. The number of carbonyl (C=O) groups is 2. The highest BCUT2D eigenvalue weighted by Crippen LogP contribution is 2.34. The van der Waals surface area contributed by atoms with Gasteiger partial charge in [-0.2, -0.15) is 0 Å². The molecule has 0 radical (unpaired) electrons. The Bertz CT molecular complexity index is 954. The zero-order valence-corrected chi connectivity index (χ0v) is 16.9. The highest BCUT2D eigenvalue weighted by molar-refractivity contribution is 9.10. The van der Waals surface area contributed by atoms with Crippen molar-refractivity contribution < 1.29 is 24.0 Å². The number of ketones is 1. The number of carbonyl (C=O) groups excluding carboxylic acids is 2. The number of hydrogen-bond donors (Lipinski definition) is 1. The van der Waals surface area contributed by atoms with Crippen LogP contribution in [0.5, 0.6) is 11.5 Å². The van der Waals surface area contributed by atoms with Crippen LogP contribution >= 0.6 is 15.9 Å². The van der Waals surface area contributed by atoms with E-state index in [4.69, 9.17) is 9.47 Å². The average Bonchev–Trinajstić information content (AvgIpc) is 2.66. The molecule has 0 saturated carbocycles. The van der Waals surface area contributed by atoms with Gasteiger partial charge in [0.1, 0.15) is 0 Å². The van der Waals surface area contributed by atoms with Crippen LogP contribution in [0.15, 0.2) is 46.4 Å². The number of Topliss-reactive ketones (excluding diaryl/α,β-unsaturated/α-hetero) is 1. The van der Waals surface area contributed by atoms with E-state index >= 15 is 0 Å². The maximum atomic E-state index is 12.6. The summed E-state index contributed by atoms with van der Waals surface area (Å²) < 4.78 is 11.1. The normalized spacial score (nSPS) is 10.9. The van der Waals surface area contributed by atoms with Crippen molar-refractivity contribution in [2.24, 2.45) is 0 Å². The summed E-state index contributed by atoms with van der Waals surface area (Å²) >= 11 is 3.38. The number of amides is 1. The lowest BCUT2D eigenvalue weighted by Crippen LogP contribution is -2.19. The fourth-order valence-corrected chi connectivity index (χ4v) is 2.76. The molecule has 8 nitrogen and oxygen atoms in total. The molecule has 0 aliphatic carbocycles. The van der Waals surface area contributed by atoms with Crippen LogP contribution in [0.2, 0.25) is 0 Å². The third-order valence-corrected chi connectivity index (χ3v) is 4.45. The van der Waals surface area contributed by atoms with Crippen molar-refractivity contribution in [1.29, 1.82) is 0 Å². The monoisotopic (exact) mass is 448 g/mol. The molecule has 1 amide bonds. The van der Waals surface area contributed by atoms with E-state index in [0.717, 1.165) is 0 Å². The van der Waals surface area contributed by atoms with Crippen LogP contribution in [0.3, 0.4) is 0 Å². The van der Waals surface area contributed by atoms with Crippen molar-refractivity contribution >= 4 is 45.1 Å². The number of hydrogen-bond acceptors (Lipinski definition) is 6. The predicted molar refractivity (Wildman–Crippen MR) is 108 cm³/mol. The molecule has 0 atom stereocenters. The van der Waals surface area contributed by atoms with Gasteiger partial charge in [-0.25, -0.2) is 0 Å². The molecule has 0 fully saturated rings. The quantitative estimate of drug-likeness (QED) is 0.225. The Morgan fingerprint density at radius 2 is 1.68 bits per heavy atom. The molecule has 2 aromatic carbocycles. The Hall–Kier alpha value is -3.20. The smallest absolute Gasteiger partial charge is 0.269 e. The molecular formula is C19H17BrN2O6. The molecule has 1 N–H and O–H groups in total. The van der Waals surface area contributed by atoms with Crippen molar-refractivity contribution in [2.45, 2.75) is 6.92 Å². The van der Waals surface area contributed by atoms with Crippen molar-refractivity contribution in [3.8, 4) is 11.5 Å². The van der Waals surface area contributed by atoms with Crippen LogP contribution in [0.1, 0.15) is 12.5 Å². The molecule has 0 aliphatic rings. The first-order chi connectivity index (χ1) is 13.3. The van der Waals surface area contributed by atoms with Crippen LogP contribution in [0, 0.1) is 10.1 Å². The predicted octanol–water partition coefficient (Wildman–Crippen LogP) is 3.99. The Labute approximate surface area is 169 Å². The van der Waals surface area contributed by atoms with E-state index < -0.39 is 16.6 Å². The van der Waals surface area contributed by atoms with Gasteiger partial charge in [-0.05, 0) is 42.8 Å². The Morgan fingerprint density at radius 1 is 1.11 bits per heavy atom. The van der Waals surface area contributed by atoms with Crippen LogP contribution in [0.25, 0.3) is 6.08 Å². The van der Waals surface area contributed by atoms with E-state index in [1.54, 1.807) is 12.1 Å². The second kappa shape index (κ2) is 9.14. The van der Waals surface area contributed by atoms with Gasteiger partial charge < -0.3 is 14.8 Å². The lowest BCUT2D eigenvalue weighted by atomic mass is 10.1. The van der Waals surface area contributed by atoms with Crippen molar-refractivity contribution in [3.05, 3.63) is 62.1 Å². The number of methoxy groups -OCH3 is 2. The van der Waals surface area contributed by atoms with Crippen molar-refractivity contribution in [3.63, 3.8) is 0 Å². The van der Waals surface area contributed by atoms with E-state index in [2.05, 4.69) is 21.2 Å². The number of nitrogens with zero attached hydrogens (tertiary/aromatic N) is 1. The van der Waals surface area contributed by atoms with Gasteiger partial charge >= 0.3 is 0 Å². The van der Waals surface area contributed by atoms with E-state index in [1.807, 2.05) is 0 Å². The molecular weight excluding hydrogens is 432 g/mol. The summed E-state index contributed by atoms with van der Waals surface area (Å²) in [6, 6.07) is 8.59. The van der Waals surface area contributed by atoms with Gasteiger partial charge in [0.2, 0.25) is 0 Å². The number of benzene rings is 2. The Balaban J connectivity index is 2.35. The Morgan fingerprint density at radius 3 is 2.18 bits per heavy atom. The summed E-state index contributed by atoms with van der Waals surface area (Å²) in [6.45, 7) is 1.27. The molecule has 146 valence electrons. The molecule has 0 aromatic heterocycles. The second-order valence-electron chi connectivity index (χ2n) is 5.60. The molecule has 0 unspecified atom stereocenters. The number of halogens is 1. The van der Waals surface area contributed by atoms with Crippen LogP contribution in [-0.2, 0) is 9.59 Å². The van der Waals surface area contributed by atoms with Crippen LogP contribution in [-0.4, -0.2) is 30.8 Å². The van der Waals surface area contributed by atoms with Crippen molar-refractivity contribution in [2.75, 3.05) is 19.5 Å². The Kier molecular flexibility index (Phi) is 6.89. The topological polar surface area (TPSA) is 108 Å². The number of nitrogens with one attached hydrogen (secondary N) is 1. The summed E-state index contributed by atoms with van der Waals surface area (Å²) in [5.41, 5.74) is 0.677. The molecule has 2 aromatic rings. The van der Waals surface area contributed by atoms with E-state index in [1.165, 1.54) is 51.5 Å². The molecule has 2 rings (SSSR count). The van der Waals surface area contributed by atoms with Gasteiger partial charge in [0.15, 0.2) is 17.3 Å². The third kappa shape index (κ3) is 4.95. The summed E-state index contributed by atoms with van der Waals surface area (Å²) in [5.74, 6) is -0.147. The van der Waals surface area contributed by atoms with E-state index in [9.17, 15) is 19.7 Å². The van der Waals surface area contributed by atoms with Crippen molar-refractivity contribution in [1.82, 2.24) is 0 Å². The first-order valence-corrected chi connectivity index (χ1v) is 8.76. The SMILES string of the molecule is COc1cc(Br)c(/C=C(\C(C)=O)C(=O)Nc2ccc([N+](=O)[O-])cc2)cc1OC. The molecule has 0 bridgehead atoms. The number of ether oxygens (including phenoxy) is 2. The molecule has 28 heavy (non-hydrogen) atoms. The third-order valence-electron chi connectivity index (χ3n) is 3.76. The highest BCUT2D eigenvalue weighted by Gasteiger charge is 2.17. The van der Waals surface area contributed by atoms with Gasteiger partial charge in [0.05, 0.1) is 24.7 Å². The van der Waals surface area contributed by atoms with Gasteiger partial charge in [-0.3, -0.25) is 19.7 Å². The maximum absolute atomic E-state index is 12.6. The molecule has 0 saturated heterocycles. The fourth-order valence-electron chi connectivity index (χ4n) is 2.33. The average molecular weight is 449 g/mol. The van der Waals surface area contributed by atoms with Gasteiger partial charge in [-0.15, -0.1) is 0 Å². The minimum Gasteiger partial charge on any atom is -0.493 e.